The van der Waals surface area contributed by atoms with E-state index in [2.05, 4.69) is 4.98 Å². The number of amides is 1. The third-order valence-corrected chi connectivity index (χ3v) is 3.70. The van der Waals surface area contributed by atoms with Gasteiger partial charge in [0.15, 0.2) is 0 Å². The van der Waals surface area contributed by atoms with Crippen LogP contribution in [0.5, 0.6) is 0 Å². The highest BCUT2D eigenvalue weighted by molar-refractivity contribution is 6.06. The van der Waals surface area contributed by atoms with Gasteiger partial charge in [-0.25, -0.2) is 0 Å². The quantitative estimate of drug-likeness (QED) is 0.908. The smallest absolute Gasteiger partial charge is 0.254 e. The Labute approximate surface area is 123 Å². The van der Waals surface area contributed by atoms with Crippen molar-refractivity contribution in [2.45, 2.75) is 19.1 Å². The summed E-state index contributed by atoms with van der Waals surface area (Å²) in [5.74, 6) is -0.0396. The predicted octanol–water partition coefficient (Wildman–Crippen LogP) is 1.46. The number of carbonyl (C=O) groups excluding carboxylic acids is 1. The van der Waals surface area contributed by atoms with Crippen LogP contribution in [0.4, 0.5) is 0 Å². The van der Waals surface area contributed by atoms with Gasteiger partial charge in [0, 0.05) is 24.7 Å². The number of aliphatic hydroxyl groups is 1. The summed E-state index contributed by atoms with van der Waals surface area (Å²) >= 11 is 0. The molecule has 1 aromatic heterocycles. The molecule has 21 heavy (non-hydrogen) atoms. The second-order valence-corrected chi connectivity index (χ2v) is 5.34. The third kappa shape index (κ3) is 2.75. The lowest BCUT2D eigenvalue weighted by Gasteiger charge is -2.36. The van der Waals surface area contributed by atoms with Gasteiger partial charge in [0.25, 0.3) is 5.91 Å². The Morgan fingerprint density at radius 1 is 1.38 bits per heavy atom. The number of benzene rings is 1. The highest BCUT2D eigenvalue weighted by atomic mass is 16.5. The molecule has 1 aliphatic rings. The van der Waals surface area contributed by atoms with Crippen molar-refractivity contribution in [2.75, 3.05) is 19.7 Å². The second-order valence-electron chi connectivity index (χ2n) is 5.34. The van der Waals surface area contributed by atoms with E-state index in [-0.39, 0.29) is 24.7 Å². The lowest BCUT2D eigenvalue weighted by Crippen LogP contribution is -2.50. The van der Waals surface area contributed by atoms with E-state index in [9.17, 15) is 9.90 Å². The van der Waals surface area contributed by atoms with Crippen molar-refractivity contribution in [3.05, 3.63) is 42.1 Å². The fourth-order valence-corrected chi connectivity index (χ4v) is 2.76. The molecule has 1 fully saturated rings. The Hall–Kier alpha value is -1.98. The summed E-state index contributed by atoms with van der Waals surface area (Å²) < 4.78 is 5.58. The number of para-hydroxylation sites is 1. The summed E-state index contributed by atoms with van der Waals surface area (Å²) in [4.78, 5) is 18.8. The highest BCUT2D eigenvalue weighted by Crippen LogP contribution is 2.20. The van der Waals surface area contributed by atoms with E-state index < -0.39 is 0 Å². The van der Waals surface area contributed by atoms with Gasteiger partial charge in [-0.05, 0) is 19.1 Å². The summed E-state index contributed by atoms with van der Waals surface area (Å²) in [6, 6.07) is 9.35. The molecule has 1 aliphatic heterocycles. The molecular formula is C16H18N2O3. The van der Waals surface area contributed by atoms with Crippen LogP contribution in [0.1, 0.15) is 17.3 Å². The van der Waals surface area contributed by atoms with Gasteiger partial charge in [-0.3, -0.25) is 9.78 Å². The topological polar surface area (TPSA) is 62.7 Å². The van der Waals surface area contributed by atoms with Gasteiger partial charge in [-0.2, -0.15) is 0 Å². The molecule has 1 aromatic carbocycles. The number of ether oxygens (including phenoxy) is 1. The molecule has 1 saturated heterocycles. The van der Waals surface area contributed by atoms with Gasteiger partial charge in [0.1, 0.15) is 0 Å². The normalized spacial score (nSPS) is 22.5. The van der Waals surface area contributed by atoms with Crippen molar-refractivity contribution < 1.29 is 14.6 Å². The molecule has 110 valence electrons. The second kappa shape index (κ2) is 5.79. The van der Waals surface area contributed by atoms with Crippen molar-refractivity contribution >= 4 is 16.8 Å². The van der Waals surface area contributed by atoms with Crippen LogP contribution in [0, 0.1) is 0 Å². The van der Waals surface area contributed by atoms with Crippen LogP contribution in [0.3, 0.4) is 0 Å². The number of pyridine rings is 1. The van der Waals surface area contributed by atoms with Crippen LogP contribution < -0.4 is 0 Å². The number of fused-ring (bicyclic) bond motifs is 1. The molecule has 0 saturated carbocycles. The molecule has 1 amide bonds. The Balaban J connectivity index is 1.93. The fraction of sp³-hybridized carbons (Fsp3) is 0.375. The zero-order valence-corrected chi connectivity index (χ0v) is 11.9. The molecule has 0 spiro atoms. The van der Waals surface area contributed by atoms with Gasteiger partial charge in [-0.1, -0.05) is 18.2 Å². The van der Waals surface area contributed by atoms with Crippen molar-refractivity contribution in [1.82, 2.24) is 9.88 Å². The van der Waals surface area contributed by atoms with Crippen molar-refractivity contribution in [2.24, 2.45) is 0 Å². The zero-order valence-electron chi connectivity index (χ0n) is 11.9. The Morgan fingerprint density at radius 2 is 2.19 bits per heavy atom. The van der Waals surface area contributed by atoms with E-state index in [1.54, 1.807) is 17.2 Å². The summed E-state index contributed by atoms with van der Waals surface area (Å²) in [5.41, 5.74) is 1.45. The molecule has 2 unspecified atom stereocenters. The maximum absolute atomic E-state index is 12.8. The van der Waals surface area contributed by atoms with Gasteiger partial charge < -0.3 is 14.7 Å². The minimum Gasteiger partial charge on any atom is -0.394 e. The number of nitrogens with zero attached hydrogens (tertiary/aromatic N) is 2. The number of aliphatic hydroxyl groups excluding tert-OH is 1. The first kappa shape index (κ1) is 14.0. The van der Waals surface area contributed by atoms with Crippen molar-refractivity contribution in [3.8, 4) is 0 Å². The van der Waals surface area contributed by atoms with Gasteiger partial charge in [0.05, 0.1) is 29.9 Å². The van der Waals surface area contributed by atoms with E-state index in [0.717, 1.165) is 10.9 Å². The molecule has 0 radical (unpaired) electrons. The van der Waals surface area contributed by atoms with Crippen LogP contribution in [-0.2, 0) is 4.74 Å². The standard InChI is InChI=1S/C16H18N2O3/c1-11-8-18(9-12(10-19)21-11)16(20)14-6-7-17-15-5-3-2-4-13(14)15/h2-7,11-12,19H,8-10H2,1H3. The first-order chi connectivity index (χ1) is 10.2. The molecular weight excluding hydrogens is 268 g/mol. The van der Waals surface area contributed by atoms with Gasteiger partial charge in [0.2, 0.25) is 0 Å². The van der Waals surface area contributed by atoms with Crippen LogP contribution in [0.2, 0.25) is 0 Å². The van der Waals surface area contributed by atoms with E-state index in [1.807, 2.05) is 31.2 Å². The predicted molar refractivity (Wildman–Crippen MR) is 79.1 cm³/mol. The largest absolute Gasteiger partial charge is 0.394 e. The molecule has 3 rings (SSSR count). The monoisotopic (exact) mass is 286 g/mol. The van der Waals surface area contributed by atoms with Crippen LogP contribution in [0.25, 0.3) is 10.9 Å². The average molecular weight is 286 g/mol. The highest BCUT2D eigenvalue weighted by Gasteiger charge is 2.29. The van der Waals surface area contributed by atoms with Crippen LogP contribution in [-0.4, -0.2) is 52.8 Å². The number of aromatic nitrogens is 1. The molecule has 0 aliphatic carbocycles. The first-order valence-corrected chi connectivity index (χ1v) is 7.08. The number of carbonyl (C=O) groups is 1. The lowest BCUT2D eigenvalue weighted by molar-refractivity contribution is -0.0858. The molecule has 2 atom stereocenters. The van der Waals surface area contributed by atoms with Crippen molar-refractivity contribution in [1.29, 1.82) is 0 Å². The number of rotatable bonds is 2. The van der Waals surface area contributed by atoms with E-state index in [1.165, 1.54) is 0 Å². The Kier molecular flexibility index (Phi) is 3.86. The Morgan fingerprint density at radius 3 is 3.00 bits per heavy atom. The van der Waals surface area contributed by atoms with Crippen LogP contribution in [0.15, 0.2) is 36.5 Å². The third-order valence-electron chi connectivity index (χ3n) is 3.70. The maximum Gasteiger partial charge on any atom is 0.254 e. The molecule has 2 aromatic rings. The minimum atomic E-state index is -0.314. The summed E-state index contributed by atoms with van der Waals surface area (Å²) in [6.45, 7) is 2.78. The summed E-state index contributed by atoms with van der Waals surface area (Å²) in [7, 11) is 0. The van der Waals surface area contributed by atoms with Crippen molar-refractivity contribution in [3.63, 3.8) is 0 Å². The molecule has 5 heteroatoms. The molecule has 1 N–H and O–H groups in total. The van der Waals surface area contributed by atoms with Gasteiger partial charge in [-0.15, -0.1) is 0 Å². The Bertz CT molecular complexity index is 654. The average Bonchev–Trinajstić information content (AvgIpc) is 2.53. The van der Waals surface area contributed by atoms with E-state index in [0.29, 0.717) is 18.7 Å². The lowest BCUT2D eigenvalue weighted by atomic mass is 10.1. The fourth-order valence-electron chi connectivity index (χ4n) is 2.76. The molecule has 5 nitrogen and oxygen atoms in total. The summed E-state index contributed by atoms with van der Waals surface area (Å²) in [5, 5.41) is 10.1. The van der Waals surface area contributed by atoms with Gasteiger partial charge >= 0.3 is 0 Å². The number of morpholine rings is 1. The van der Waals surface area contributed by atoms with Crippen LogP contribution >= 0.6 is 0 Å². The molecule has 2 heterocycles. The minimum absolute atomic E-state index is 0.0396. The first-order valence-electron chi connectivity index (χ1n) is 7.08. The van der Waals surface area contributed by atoms with E-state index >= 15 is 0 Å². The SMILES string of the molecule is CC1CN(C(=O)c2ccnc3ccccc23)CC(CO)O1. The number of hydrogen-bond donors (Lipinski definition) is 1. The molecule has 0 bridgehead atoms. The maximum atomic E-state index is 12.8. The summed E-state index contributed by atoms with van der Waals surface area (Å²) in [6.07, 6.45) is 1.27. The zero-order chi connectivity index (χ0) is 14.8. The number of hydrogen-bond acceptors (Lipinski definition) is 4. The van der Waals surface area contributed by atoms with E-state index in [4.69, 9.17) is 4.74 Å².